The lowest BCUT2D eigenvalue weighted by atomic mass is 9.93. The number of hydrogen-bond donors (Lipinski definition) is 2. The molecule has 42 heavy (non-hydrogen) atoms. The summed E-state index contributed by atoms with van der Waals surface area (Å²) in [4.78, 5) is 39.7. The van der Waals surface area contributed by atoms with Crippen LogP contribution >= 0.6 is 22.9 Å². The number of anilines is 1. The smallest absolute Gasteiger partial charge is 0.307 e. The minimum atomic E-state index is -0.896. The van der Waals surface area contributed by atoms with E-state index in [1.54, 1.807) is 56.4 Å². The van der Waals surface area contributed by atoms with Crippen molar-refractivity contribution >= 4 is 50.8 Å². The van der Waals surface area contributed by atoms with Crippen LogP contribution in [-0.4, -0.2) is 42.6 Å². The number of aliphatic hydroxyl groups is 1. The molecular weight excluding hydrogens is 572 g/mol. The molecule has 2 aromatic carbocycles. The van der Waals surface area contributed by atoms with Crippen molar-refractivity contribution in [2.24, 2.45) is 0 Å². The average molecular weight is 601 g/mol. The van der Waals surface area contributed by atoms with E-state index < -0.39 is 11.6 Å². The van der Waals surface area contributed by atoms with Crippen molar-refractivity contribution < 1.29 is 19.8 Å². The second-order valence-electron chi connectivity index (χ2n) is 11.0. The number of hydrogen-bond acceptors (Lipinski definition) is 7. The average Bonchev–Trinajstić information content (AvgIpc) is 3.50. The summed E-state index contributed by atoms with van der Waals surface area (Å²) in [5, 5.41) is 19.5. The lowest BCUT2D eigenvalue weighted by Gasteiger charge is -2.14. The highest BCUT2D eigenvalue weighted by atomic mass is 35.5. The second-order valence-corrected chi connectivity index (χ2v) is 12.4. The number of rotatable bonds is 5. The summed E-state index contributed by atoms with van der Waals surface area (Å²) in [7, 11) is 0. The number of aryl methyl sites for hydroxylation is 1. The van der Waals surface area contributed by atoms with Gasteiger partial charge in [-0.25, -0.2) is 9.97 Å². The summed E-state index contributed by atoms with van der Waals surface area (Å²) in [6.45, 7) is 7.57. The molecule has 1 amide bonds. The molecule has 0 saturated carbocycles. The number of thiazole rings is 1. The zero-order valence-electron chi connectivity index (χ0n) is 23.6. The van der Waals surface area contributed by atoms with Crippen LogP contribution in [-0.2, 0) is 17.8 Å². The molecule has 0 saturated heterocycles. The predicted molar refractivity (Wildman–Crippen MR) is 166 cm³/mol. The van der Waals surface area contributed by atoms with Crippen LogP contribution in [0.3, 0.4) is 0 Å². The maximum atomic E-state index is 12.9. The van der Waals surface area contributed by atoms with E-state index in [9.17, 15) is 14.7 Å². The van der Waals surface area contributed by atoms with Crippen molar-refractivity contribution in [3.8, 4) is 21.7 Å². The lowest BCUT2D eigenvalue weighted by Crippen LogP contribution is -2.24. The molecule has 4 heterocycles. The Balaban J connectivity index is 0.000000652. The Morgan fingerprint density at radius 1 is 1.07 bits per heavy atom. The first kappa shape index (κ1) is 29.3. The molecule has 0 spiro atoms. The van der Waals surface area contributed by atoms with Crippen LogP contribution in [0.15, 0.2) is 67.1 Å². The first-order chi connectivity index (χ1) is 19.9. The summed E-state index contributed by atoms with van der Waals surface area (Å²) in [6.07, 6.45) is 4.84. The van der Waals surface area contributed by atoms with Crippen LogP contribution in [0, 0.1) is 6.92 Å². The van der Waals surface area contributed by atoms with E-state index in [0.29, 0.717) is 22.9 Å². The number of halogens is 1. The van der Waals surface area contributed by atoms with Gasteiger partial charge in [0, 0.05) is 34.7 Å². The van der Waals surface area contributed by atoms with Crippen molar-refractivity contribution in [1.82, 2.24) is 15.0 Å². The summed E-state index contributed by atoms with van der Waals surface area (Å²) in [6, 6.07) is 14.9. The molecule has 2 N–H and O–H groups in total. The Labute approximate surface area is 252 Å². The SMILES string of the molecule is CC(C)(C)O.Cc1cc2nc(-c3ccnc(N4Cc5ccncc5C4=O)c3)sc2c(-c2ccc(Cl)cc2)c1CC(=O)O. The van der Waals surface area contributed by atoms with Crippen LogP contribution in [0.2, 0.25) is 5.02 Å². The normalized spacial score (nSPS) is 12.7. The zero-order valence-corrected chi connectivity index (χ0v) is 25.1. The van der Waals surface area contributed by atoms with Crippen molar-refractivity contribution in [3.63, 3.8) is 0 Å². The first-order valence-corrected chi connectivity index (χ1v) is 14.4. The fourth-order valence-corrected chi connectivity index (χ4v) is 5.95. The number of benzene rings is 2. The Bertz CT molecular complexity index is 1810. The van der Waals surface area contributed by atoms with Gasteiger partial charge in [0.2, 0.25) is 0 Å². The quantitative estimate of drug-likeness (QED) is 0.224. The van der Waals surface area contributed by atoms with E-state index in [1.165, 1.54) is 11.3 Å². The third-order valence-electron chi connectivity index (χ3n) is 6.46. The zero-order chi connectivity index (χ0) is 30.2. The summed E-state index contributed by atoms with van der Waals surface area (Å²) in [5.74, 6) is -0.484. The third-order valence-corrected chi connectivity index (χ3v) is 7.85. The van der Waals surface area contributed by atoms with Crippen LogP contribution in [0.1, 0.15) is 47.8 Å². The predicted octanol–water partition coefficient (Wildman–Crippen LogP) is 6.95. The molecule has 0 radical (unpaired) electrons. The van der Waals surface area contributed by atoms with E-state index in [-0.39, 0.29) is 12.3 Å². The van der Waals surface area contributed by atoms with E-state index >= 15 is 0 Å². The lowest BCUT2D eigenvalue weighted by molar-refractivity contribution is -0.136. The van der Waals surface area contributed by atoms with Gasteiger partial charge in [0.25, 0.3) is 5.91 Å². The number of carboxylic acids is 1. The van der Waals surface area contributed by atoms with Crippen molar-refractivity contribution in [2.45, 2.75) is 46.3 Å². The maximum Gasteiger partial charge on any atom is 0.307 e. The molecule has 0 bridgehead atoms. The van der Waals surface area contributed by atoms with Gasteiger partial charge in [-0.2, -0.15) is 0 Å². The van der Waals surface area contributed by atoms with Gasteiger partial charge in [-0.05, 0) is 86.3 Å². The Kier molecular flexibility index (Phi) is 8.10. The van der Waals surface area contributed by atoms with Crippen LogP contribution in [0.25, 0.3) is 31.9 Å². The van der Waals surface area contributed by atoms with Gasteiger partial charge >= 0.3 is 5.97 Å². The summed E-state index contributed by atoms with van der Waals surface area (Å²) >= 11 is 7.61. The number of carbonyl (C=O) groups is 2. The van der Waals surface area contributed by atoms with E-state index in [1.807, 2.05) is 43.3 Å². The van der Waals surface area contributed by atoms with Gasteiger partial charge in [-0.3, -0.25) is 19.5 Å². The maximum absolute atomic E-state index is 12.9. The molecule has 0 atom stereocenters. The standard InChI is InChI=1S/C28H19ClN4O3S.C4H10O/c1-15-10-22-26(25(20(15)12-24(34)35)16-2-4-19(29)5-3-16)37-27(32-22)17-7-9-31-23(11-17)33-14-18-6-8-30-13-21(18)28(33)36;1-4(2,3)5/h2-11,13H,12,14H2,1H3,(H,34,35);5H,1-3H3. The molecule has 10 heteroatoms. The number of pyridine rings is 2. The number of nitrogens with zero attached hydrogens (tertiary/aromatic N) is 4. The Morgan fingerprint density at radius 3 is 2.45 bits per heavy atom. The first-order valence-electron chi connectivity index (χ1n) is 13.2. The highest BCUT2D eigenvalue weighted by Crippen LogP contribution is 2.41. The number of aromatic nitrogens is 3. The minimum Gasteiger partial charge on any atom is -0.481 e. The van der Waals surface area contributed by atoms with Gasteiger partial charge in [-0.1, -0.05) is 23.7 Å². The Morgan fingerprint density at radius 2 is 1.79 bits per heavy atom. The second kappa shape index (κ2) is 11.6. The minimum absolute atomic E-state index is 0.0984. The fraction of sp³-hybridized carbons (Fsp3) is 0.219. The van der Waals surface area contributed by atoms with E-state index in [2.05, 4.69) is 9.97 Å². The molecule has 0 aliphatic carbocycles. The van der Waals surface area contributed by atoms with Gasteiger partial charge in [0.05, 0.1) is 34.3 Å². The van der Waals surface area contributed by atoms with Crippen LogP contribution in [0.5, 0.6) is 0 Å². The monoisotopic (exact) mass is 600 g/mol. The molecule has 3 aromatic heterocycles. The molecule has 1 aliphatic heterocycles. The van der Waals surface area contributed by atoms with Gasteiger partial charge in [0.15, 0.2) is 0 Å². The Hall–Kier alpha value is -4.18. The highest BCUT2D eigenvalue weighted by molar-refractivity contribution is 7.22. The van der Waals surface area contributed by atoms with Gasteiger partial charge in [-0.15, -0.1) is 11.3 Å². The van der Waals surface area contributed by atoms with Gasteiger partial charge in [0.1, 0.15) is 10.8 Å². The largest absolute Gasteiger partial charge is 0.481 e. The third kappa shape index (κ3) is 6.33. The van der Waals surface area contributed by atoms with Crippen LogP contribution in [0.4, 0.5) is 5.82 Å². The molecule has 214 valence electrons. The van der Waals surface area contributed by atoms with Crippen molar-refractivity contribution in [3.05, 3.63) is 94.4 Å². The molecule has 1 aliphatic rings. The van der Waals surface area contributed by atoms with Crippen molar-refractivity contribution in [1.29, 1.82) is 0 Å². The van der Waals surface area contributed by atoms with Gasteiger partial charge < -0.3 is 10.2 Å². The molecule has 8 nitrogen and oxygen atoms in total. The summed E-state index contributed by atoms with van der Waals surface area (Å²) < 4.78 is 0.897. The number of fused-ring (bicyclic) bond motifs is 2. The number of amides is 1. The highest BCUT2D eigenvalue weighted by Gasteiger charge is 2.29. The van der Waals surface area contributed by atoms with E-state index in [0.717, 1.165) is 48.6 Å². The number of carboxylic acid groups (broad SMARTS) is 1. The number of aliphatic carboxylic acids is 1. The topological polar surface area (TPSA) is 117 Å². The number of carbonyl (C=O) groups excluding carboxylic acids is 1. The molecule has 0 unspecified atom stereocenters. The fourth-order valence-electron chi connectivity index (χ4n) is 4.69. The van der Waals surface area contributed by atoms with Crippen LogP contribution < -0.4 is 4.90 Å². The summed E-state index contributed by atoms with van der Waals surface area (Å²) in [5.41, 5.74) is 5.96. The van der Waals surface area contributed by atoms with Crippen molar-refractivity contribution in [2.75, 3.05) is 4.90 Å². The molecule has 0 fully saturated rings. The molecule has 5 aromatic rings. The molecular formula is C32H29ClN4O4S. The van der Waals surface area contributed by atoms with E-state index in [4.69, 9.17) is 21.7 Å². The molecule has 6 rings (SSSR count).